The number of nitrogens with zero attached hydrogens (tertiary/aromatic N) is 3. The van der Waals surface area contributed by atoms with E-state index in [1.165, 1.54) is 12.3 Å². The van der Waals surface area contributed by atoms with Crippen molar-refractivity contribution in [2.24, 2.45) is 7.05 Å². The molecule has 0 aliphatic rings. The average molecular weight is 191 g/mol. The summed E-state index contributed by atoms with van der Waals surface area (Å²) in [5.74, 6) is 1.03. The molecule has 2 rings (SSSR count). The first-order valence-electron chi connectivity index (χ1n) is 4.06. The van der Waals surface area contributed by atoms with E-state index < -0.39 is 0 Å². The second kappa shape index (κ2) is 3.33. The van der Waals surface area contributed by atoms with Gasteiger partial charge in [-0.15, -0.1) is 0 Å². The molecule has 0 saturated heterocycles. The van der Waals surface area contributed by atoms with Crippen molar-refractivity contribution in [2.45, 2.75) is 0 Å². The van der Waals surface area contributed by atoms with E-state index in [0.29, 0.717) is 11.8 Å². The van der Waals surface area contributed by atoms with Crippen molar-refractivity contribution in [3.05, 3.63) is 34.9 Å². The van der Waals surface area contributed by atoms with E-state index in [4.69, 9.17) is 0 Å². The topological polar surface area (TPSA) is 75.6 Å². The first-order valence-corrected chi connectivity index (χ1v) is 4.06. The molecule has 0 aliphatic carbocycles. The van der Waals surface area contributed by atoms with Gasteiger partial charge in [0.25, 0.3) is 5.56 Å². The molecule has 72 valence electrons. The van der Waals surface area contributed by atoms with E-state index in [9.17, 15) is 4.79 Å². The molecule has 0 aromatic carbocycles. The lowest BCUT2D eigenvalue weighted by Crippen LogP contribution is -2.08. The average Bonchev–Trinajstić information content (AvgIpc) is 2.51. The Morgan fingerprint density at radius 3 is 3.00 bits per heavy atom. The van der Waals surface area contributed by atoms with Crippen LogP contribution in [-0.2, 0) is 7.05 Å². The van der Waals surface area contributed by atoms with Crippen LogP contribution >= 0.6 is 0 Å². The lowest BCUT2D eigenvalue weighted by atomic mass is 10.6. The third-order valence-corrected chi connectivity index (χ3v) is 1.63. The van der Waals surface area contributed by atoms with Crippen LogP contribution in [0.5, 0.6) is 0 Å². The molecule has 0 unspecified atom stereocenters. The lowest BCUT2D eigenvalue weighted by Gasteiger charge is -1.99. The highest BCUT2D eigenvalue weighted by atomic mass is 16.1. The Hall–Kier alpha value is -2.11. The summed E-state index contributed by atoms with van der Waals surface area (Å²) in [4.78, 5) is 17.4. The number of rotatable bonds is 2. The Morgan fingerprint density at radius 1 is 1.50 bits per heavy atom. The molecular formula is C8H9N5O. The number of aromatic nitrogens is 4. The zero-order valence-electron chi connectivity index (χ0n) is 7.56. The molecule has 0 bridgehead atoms. The van der Waals surface area contributed by atoms with Gasteiger partial charge in [-0.1, -0.05) is 0 Å². The van der Waals surface area contributed by atoms with Crippen LogP contribution in [0.4, 0.5) is 11.8 Å². The van der Waals surface area contributed by atoms with Gasteiger partial charge in [-0.3, -0.25) is 14.5 Å². The molecule has 0 radical (unpaired) electrons. The summed E-state index contributed by atoms with van der Waals surface area (Å²) in [6.45, 7) is 0. The summed E-state index contributed by atoms with van der Waals surface area (Å²) in [5, 5.41) is 6.95. The number of aryl methyl sites for hydroxylation is 1. The second-order valence-corrected chi connectivity index (χ2v) is 2.78. The summed E-state index contributed by atoms with van der Waals surface area (Å²) in [7, 11) is 1.81. The molecule has 2 heterocycles. The van der Waals surface area contributed by atoms with Crippen molar-refractivity contribution in [3.8, 4) is 0 Å². The molecule has 0 atom stereocenters. The van der Waals surface area contributed by atoms with Gasteiger partial charge >= 0.3 is 0 Å². The normalized spacial score (nSPS) is 10.1. The van der Waals surface area contributed by atoms with E-state index in [-0.39, 0.29) is 5.56 Å². The molecule has 0 fully saturated rings. The maximum Gasteiger partial charge on any atom is 0.252 e. The number of hydrogen-bond acceptors (Lipinski definition) is 4. The number of nitrogens with one attached hydrogen (secondary N) is 2. The van der Waals surface area contributed by atoms with E-state index in [0.717, 1.165) is 0 Å². The molecule has 0 amide bonds. The van der Waals surface area contributed by atoms with Crippen LogP contribution in [-0.4, -0.2) is 19.7 Å². The molecular weight excluding hydrogens is 182 g/mol. The lowest BCUT2D eigenvalue weighted by molar-refractivity contribution is 0.770. The number of H-pyrrole nitrogens is 1. The van der Waals surface area contributed by atoms with Crippen LogP contribution in [0.25, 0.3) is 0 Å². The molecule has 2 N–H and O–H groups in total. The summed E-state index contributed by atoms with van der Waals surface area (Å²) < 4.78 is 1.66. The van der Waals surface area contributed by atoms with Gasteiger partial charge in [0.15, 0.2) is 5.82 Å². The molecule has 0 aliphatic heterocycles. The molecule has 6 heteroatoms. The molecule has 2 aromatic rings. The van der Waals surface area contributed by atoms with Gasteiger partial charge in [0.2, 0.25) is 5.95 Å². The predicted molar refractivity (Wildman–Crippen MR) is 51.3 cm³/mol. The highest BCUT2D eigenvalue weighted by Crippen LogP contribution is 2.06. The third-order valence-electron chi connectivity index (χ3n) is 1.63. The van der Waals surface area contributed by atoms with Crippen LogP contribution in [0, 0.1) is 0 Å². The van der Waals surface area contributed by atoms with Crippen LogP contribution < -0.4 is 10.9 Å². The monoisotopic (exact) mass is 191 g/mol. The first-order chi connectivity index (χ1) is 6.74. The van der Waals surface area contributed by atoms with Crippen molar-refractivity contribution in [1.82, 2.24) is 19.7 Å². The fraction of sp³-hybridized carbons (Fsp3) is 0.125. The van der Waals surface area contributed by atoms with Crippen molar-refractivity contribution >= 4 is 11.8 Å². The fourth-order valence-electron chi connectivity index (χ4n) is 1.04. The van der Waals surface area contributed by atoms with Gasteiger partial charge in [-0.25, -0.2) is 4.98 Å². The maximum absolute atomic E-state index is 10.9. The minimum Gasteiger partial charge on any atom is -0.309 e. The number of hydrogen-bond donors (Lipinski definition) is 2. The third kappa shape index (κ3) is 1.79. The van der Waals surface area contributed by atoms with Crippen molar-refractivity contribution in [2.75, 3.05) is 5.32 Å². The Kier molecular flexibility index (Phi) is 2.02. The van der Waals surface area contributed by atoms with Gasteiger partial charge in [0.1, 0.15) is 0 Å². The van der Waals surface area contributed by atoms with Gasteiger partial charge < -0.3 is 5.32 Å². The van der Waals surface area contributed by atoms with Gasteiger partial charge in [0.05, 0.1) is 0 Å². The van der Waals surface area contributed by atoms with E-state index >= 15 is 0 Å². The Bertz CT molecular complexity index is 486. The Labute approximate surface area is 79.6 Å². The van der Waals surface area contributed by atoms with Gasteiger partial charge in [0, 0.05) is 31.6 Å². The summed E-state index contributed by atoms with van der Waals surface area (Å²) >= 11 is 0. The molecule has 0 saturated carbocycles. The molecule has 6 nitrogen and oxygen atoms in total. The van der Waals surface area contributed by atoms with E-state index in [1.807, 2.05) is 7.05 Å². The van der Waals surface area contributed by atoms with E-state index in [1.54, 1.807) is 16.9 Å². The SMILES string of the molecule is Cn1ccc(Nc2nccc(=O)[nH]2)n1. The minimum absolute atomic E-state index is 0.196. The first kappa shape index (κ1) is 8.49. The maximum atomic E-state index is 10.9. The smallest absolute Gasteiger partial charge is 0.252 e. The summed E-state index contributed by atoms with van der Waals surface area (Å²) in [6, 6.07) is 3.14. The fourth-order valence-corrected chi connectivity index (χ4v) is 1.04. The van der Waals surface area contributed by atoms with Crippen molar-refractivity contribution in [3.63, 3.8) is 0 Å². The molecule has 0 spiro atoms. The van der Waals surface area contributed by atoms with Crippen LogP contribution in [0.15, 0.2) is 29.3 Å². The van der Waals surface area contributed by atoms with Crippen LogP contribution in [0.3, 0.4) is 0 Å². The summed E-state index contributed by atoms with van der Waals surface area (Å²) in [6.07, 6.45) is 3.23. The number of anilines is 2. The highest BCUT2D eigenvalue weighted by Gasteiger charge is 1.98. The predicted octanol–water partition coefficient (Wildman–Crippen LogP) is 0.247. The quantitative estimate of drug-likeness (QED) is 0.713. The van der Waals surface area contributed by atoms with E-state index in [2.05, 4.69) is 20.4 Å². The van der Waals surface area contributed by atoms with Crippen molar-refractivity contribution in [1.29, 1.82) is 0 Å². The Balaban J connectivity index is 2.23. The summed E-state index contributed by atoms with van der Waals surface area (Å²) in [5.41, 5.74) is -0.196. The molecule has 14 heavy (non-hydrogen) atoms. The van der Waals surface area contributed by atoms with Crippen LogP contribution in [0.2, 0.25) is 0 Å². The zero-order chi connectivity index (χ0) is 9.97. The number of aromatic amines is 1. The van der Waals surface area contributed by atoms with Crippen molar-refractivity contribution < 1.29 is 0 Å². The standard InChI is InChI=1S/C8H9N5O/c1-13-5-3-6(12-13)10-8-9-4-2-7(14)11-8/h2-5H,1H3,(H2,9,10,11,12,14). The minimum atomic E-state index is -0.196. The largest absolute Gasteiger partial charge is 0.309 e. The zero-order valence-corrected chi connectivity index (χ0v) is 7.56. The Morgan fingerprint density at radius 2 is 2.36 bits per heavy atom. The van der Waals surface area contributed by atoms with Gasteiger partial charge in [-0.05, 0) is 0 Å². The highest BCUT2D eigenvalue weighted by molar-refractivity contribution is 5.45. The van der Waals surface area contributed by atoms with Crippen LogP contribution in [0.1, 0.15) is 0 Å². The second-order valence-electron chi connectivity index (χ2n) is 2.78. The van der Waals surface area contributed by atoms with Gasteiger partial charge in [-0.2, -0.15) is 5.10 Å². The molecule has 2 aromatic heterocycles.